The molecule has 3 amide bonds. The van der Waals surface area contributed by atoms with Crippen molar-refractivity contribution in [2.75, 3.05) is 30.0 Å². The summed E-state index contributed by atoms with van der Waals surface area (Å²) < 4.78 is 6.53. The molecule has 0 spiro atoms. The number of β-lactam (4-membered cyclic amide) rings is 1. The number of tetrazole rings is 1. The lowest BCUT2D eigenvalue weighted by Crippen LogP contribution is -2.74. The van der Waals surface area contributed by atoms with Crippen LogP contribution in [0.4, 0.5) is 5.13 Å². The van der Waals surface area contributed by atoms with Crippen molar-refractivity contribution in [2.24, 2.45) is 10.6 Å². The number of aromatic nitrogens is 5. The molecule has 44 heavy (non-hydrogen) atoms. The second-order valence-electron chi connectivity index (χ2n) is 10.4. The van der Waals surface area contributed by atoms with E-state index in [1.165, 1.54) is 26.7 Å². The minimum atomic E-state index is -1.31. The summed E-state index contributed by atoms with van der Waals surface area (Å²) in [5.74, 6) is -0.504. The van der Waals surface area contributed by atoms with Crippen molar-refractivity contribution in [1.82, 2.24) is 35.4 Å². The molecule has 0 aromatic carbocycles. The molecule has 0 bridgehead atoms. The van der Waals surface area contributed by atoms with Gasteiger partial charge in [0.05, 0.1) is 0 Å². The number of anilines is 1. The quantitative estimate of drug-likeness (QED) is 0.0474. The molecule has 234 valence electrons. The third-order valence-corrected chi connectivity index (χ3v) is 9.61. The molecule has 2 aliphatic rings. The molecular weight excluding hydrogens is 639 g/mol. The molecule has 0 aliphatic carbocycles. The zero-order chi connectivity index (χ0) is 32.1. The van der Waals surface area contributed by atoms with Crippen molar-refractivity contribution in [3.63, 3.8) is 0 Å². The van der Waals surface area contributed by atoms with Crippen LogP contribution in [0.3, 0.4) is 0 Å². The maximum absolute atomic E-state index is 13.3. The maximum Gasteiger partial charge on any atom is 0.347 e. The molecule has 2 aromatic heterocycles. The summed E-state index contributed by atoms with van der Waals surface area (Å²) in [6, 6.07) is -0.989. The molecule has 2 fully saturated rings. The number of nitrogens with one attached hydrogen (secondary N) is 2. The van der Waals surface area contributed by atoms with Crippen LogP contribution in [0.2, 0.25) is 0 Å². The maximum atomic E-state index is 13.3. The number of carboxylic acids is 1. The molecule has 4 rings (SSSR count). The Hall–Kier alpha value is -4.22. The van der Waals surface area contributed by atoms with Gasteiger partial charge in [0.25, 0.3) is 5.91 Å². The van der Waals surface area contributed by atoms with Gasteiger partial charge in [-0.3, -0.25) is 19.2 Å². The van der Waals surface area contributed by atoms with Crippen LogP contribution in [0.15, 0.2) is 15.7 Å². The summed E-state index contributed by atoms with van der Waals surface area (Å²) in [5.41, 5.74) is -2.40. The van der Waals surface area contributed by atoms with Crippen molar-refractivity contribution >= 4 is 75.9 Å². The van der Waals surface area contributed by atoms with E-state index in [0.717, 1.165) is 23.1 Å². The van der Waals surface area contributed by atoms with Gasteiger partial charge in [-0.15, -0.1) is 34.6 Å². The third kappa shape index (κ3) is 7.46. The zero-order valence-corrected chi connectivity index (χ0v) is 26.0. The first kappa shape index (κ1) is 32.7. The van der Waals surface area contributed by atoms with Gasteiger partial charge in [0.15, 0.2) is 10.8 Å². The number of amides is 3. The Labute approximate surface area is 262 Å². The van der Waals surface area contributed by atoms with Gasteiger partial charge in [-0.05, 0) is 31.2 Å². The predicted molar refractivity (Wildman–Crippen MR) is 157 cm³/mol. The van der Waals surface area contributed by atoms with E-state index in [4.69, 9.17) is 16.0 Å². The Morgan fingerprint density at radius 3 is 2.84 bits per heavy atom. The number of thiazole rings is 1. The lowest BCUT2D eigenvalue weighted by Gasteiger charge is -2.53. The molecular formula is C24H27N9O8S3. The highest BCUT2D eigenvalue weighted by Crippen LogP contribution is 2.44. The fourth-order valence-electron chi connectivity index (χ4n) is 4.03. The Kier molecular flexibility index (Phi) is 10.1. The topological polar surface area (TPSA) is 220 Å². The summed E-state index contributed by atoms with van der Waals surface area (Å²) in [6.07, 6.45) is 5.74. The number of hydrogen-bond acceptors (Lipinski definition) is 15. The summed E-state index contributed by atoms with van der Waals surface area (Å²) in [4.78, 5) is 72.3. The Bertz CT molecular complexity index is 1510. The van der Waals surface area contributed by atoms with Gasteiger partial charge in [0.2, 0.25) is 24.1 Å². The fraction of sp³-hybridized carbons (Fsp3) is 0.500. The summed E-state index contributed by atoms with van der Waals surface area (Å²) in [6.45, 7) is 4.45. The number of carbonyl (C=O) groups is 5. The minimum absolute atomic E-state index is 0.0232. The van der Waals surface area contributed by atoms with E-state index in [-0.39, 0.29) is 41.1 Å². The number of thioether (sulfide) groups is 2. The normalized spacial score (nSPS) is 21.4. The van der Waals surface area contributed by atoms with E-state index < -0.39 is 52.8 Å². The third-order valence-electron chi connectivity index (χ3n) is 6.01. The number of nitrogens with zero attached hydrogens (tertiary/aromatic N) is 7. The highest BCUT2D eigenvalue weighted by molar-refractivity contribution is 8.00. The van der Waals surface area contributed by atoms with Crippen LogP contribution in [-0.2, 0) is 40.1 Å². The van der Waals surface area contributed by atoms with Crippen molar-refractivity contribution in [1.29, 1.82) is 0 Å². The van der Waals surface area contributed by atoms with E-state index in [1.807, 2.05) is 0 Å². The van der Waals surface area contributed by atoms with Gasteiger partial charge in [0.1, 0.15) is 34.7 Å². The lowest BCUT2D eigenvalue weighted by molar-refractivity contribution is -0.160. The molecule has 2 aliphatic heterocycles. The summed E-state index contributed by atoms with van der Waals surface area (Å²) in [7, 11) is 0. The van der Waals surface area contributed by atoms with E-state index in [2.05, 4.69) is 42.2 Å². The van der Waals surface area contributed by atoms with Gasteiger partial charge in [0, 0.05) is 23.4 Å². The first-order chi connectivity index (χ1) is 20.9. The smallest absolute Gasteiger partial charge is 0.347 e. The number of carbonyl (C=O) groups excluding carboxylic acids is 4. The van der Waals surface area contributed by atoms with Gasteiger partial charge >= 0.3 is 11.9 Å². The van der Waals surface area contributed by atoms with E-state index in [1.54, 1.807) is 20.8 Å². The minimum Gasteiger partial charge on any atom is -0.481 e. The number of carboxylic acid groups (broad SMARTS) is 1. The monoisotopic (exact) mass is 665 g/mol. The first-order valence-corrected chi connectivity index (χ1v) is 15.7. The van der Waals surface area contributed by atoms with E-state index >= 15 is 0 Å². The first-order valence-electron chi connectivity index (χ1n) is 12.7. The van der Waals surface area contributed by atoms with E-state index in [9.17, 15) is 29.1 Å². The standard InChI is InChI=1S/C24H27N9O8S3/c1-5-6-33-22(28-30-31-33)44-11-24(20(38)39)9-32-18(37)16(19(32)43-10-24)27-17(36)15(13-8-42-21(26-13)25-12-34)29-40-7-14(35)41-23(2,3)4/h1,8,12,16,19H,6-7,9-11H2,2-4H3,(H,27,36)(H,38,39)(H,25,26,34)/t16?,19-,24?/m1/s1. The zero-order valence-electron chi connectivity index (χ0n) is 23.6. The SMILES string of the molecule is C#CCn1nnnc1SCC1(C(=O)O)CS[C@@H]2C(NC(=O)C(=NOCC(=O)OC(C)(C)C)c3csc(NC=O)n3)C(=O)N2C1. The van der Waals surface area contributed by atoms with E-state index in [0.29, 0.717) is 11.6 Å². The number of fused-ring (bicyclic) bond motifs is 1. The Morgan fingerprint density at radius 1 is 1.39 bits per heavy atom. The van der Waals surface area contributed by atoms with Crippen LogP contribution >= 0.6 is 34.9 Å². The van der Waals surface area contributed by atoms with Gasteiger partial charge in [-0.1, -0.05) is 22.8 Å². The van der Waals surface area contributed by atoms with Gasteiger partial charge < -0.3 is 30.2 Å². The molecule has 2 unspecified atom stereocenters. The van der Waals surface area contributed by atoms with Crippen LogP contribution in [-0.4, -0.2) is 113 Å². The van der Waals surface area contributed by atoms with Crippen LogP contribution < -0.4 is 10.6 Å². The molecule has 17 nitrogen and oxygen atoms in total. The fourth-order valence-corrected chi connectivity index (χ4v) is 7.42. The van der Waals surface area contributed by atoms with Crippen LogP contribution in [0.5, 0.6) is 0 Å². The number of ether oxygens (including phenoxy) is 1. The summed E-state index contributed by atoms with van der Waals surface area (Å²) >= 11 is 3.34. The molecule has 0 radical (unpaired) electrons. The average Bonchev–Trinajstić information content (AvgIpc) is 3.61. The number of oxime groups is 1. The molecule has 2 aromatic rings. The molecule has 20 heteroatoms. The average molecular weight is 666 g/mol. The molecule has 4 heterocycles. The highest BCUT2D eigenvalue weighted by atomic mass is 32.2. The number of rotatable bonds is 13. The predicted octanol–water partition coefficient (Wildman–Crippen LogP) is -0.343. The van der Waals surface area contributed by atoms with Crippen LogP contribution in [0.25, 0.3) is 0 Å². The molecule has 0 saturated carbocycles. The second kappa shape index (κ2) is 13.6. The molecule has 3 N–H and O–H groups in total. The lowest BCUT2D eigenvalue weighted by atomic mass is 9.89. The Morgan fingerprint density at radius 2 is 2.16 bits per heavy atom. The van der Waals surface area contributed by atoms with Gasteiger partial charge in [-0.2, -0.15) is 0 Å². The van der Waals surface area contributed by atoms with Crippen LogP contribution in [0, 0.1) is 17.8 Å². The van der Waals surface area contributed by atoms with Crippen LogP contribution in [0.1, 0.15) is 26.5 Å². The number of hydrogen-bond donors (Lipinski definition) is 3. The largest absolute Gasteiger partial charge is 0.481 e. The molecule has 3 atom stereocenters. The van der Waals surface area contributed by atoms with Crippen molar-refractivity contribution in [3.8, 4) is 12.3 Å². The number of terminal acetylenes is 1. The summed E-state index contributed by atoms with van der Waals surface area (Å²) in [5, 5.41) is 31.5. The Balaban J connectivity index is 1.44. The molecule has 2 saturated heterocycles. The number of aliphatic carboxylic acids is 1. The van der Waals surface area contributed by atoms with Crippen molar-refractivity contribution in [3.05, 3.63) is 11.1 Å². The van der Waals surface area contributed by atoms with Crippen molar-refractivity contribution < 1.29 is 38.7 Å². The number of esters is 1. The van der Waals surface area contributed by atoms with Gasteiger partial charge in [-0.25, -0.2) is 14.5 Å². The second-order valence-corrected chi connectivity index (χ2v) is 13.3. The highest BCUT2D eigenvalue weighted by Gasteiger charge is 2.57. The van der Waals surface area contributed by atoms with Crippen molar-refractivity contribution in [2.45, 2.75) is 49.5 Å².